The summed E-state index contributed by atoms with van der Waals surface area (Å²) in [6.45, 7) is 0.00626. The fourth-order valence-corrected chi connectivity index (χ4v) is 3.55. The molecule has 6 nitrogen and oxygen atoms in total. The molecule has 3 rings (SSSR count). The van der Waals surface area contributed by atoms with Gasteiger partial charge in [0.1, 0.15) is 6.54 Å². The van der Waals surface area contributed by atoms with E-state index in [-0.39, 0.29) is 18.4 Å². The summed E-state index contributed by atoms with van der Waals surface area (Å²) < 4.78 is 1.56. The molecule has 1 amide bonds. The Labute approximate surface area is 164 Å². The first-order valence-electron chi connectivity index (χ1n) is 7.63. The van der Waals surface area contributed by atoms with E-state index in [2.05, 4.69) is 15.5 Å². The predicted molar refractivity (Wildman–Crippen MR) is 106 cm³/mol. The molecule has 0 saturated carbocycles. The van der Waals surface area contributed by atoms with Crippen LogP contribution in [0.15, 0.2) is 53.7 Å². The van der Waals surface area contributed by atoms with Crippen LogP contribution in [0.3, 0.4) is 0 Å². The quantitative estimate of drug-likeness (QED) is 0.600. The van der Waals surface area contributed by atoms with Crippen molar-refractivity contribution < 1.29 is 4.79 Å². The second kappa shape index (κ2) is 8.44. The topological polar surface area (TPSA) is 85.8 Å². The van der Waals surface area contributed by atoms with Gasteiger partial charge < -0.3 is 11.1 Å². The predicted octanol–water partition coefficient (Wildman–Crippen LogP) is 4.10. The van der Waals surface area contributed by atoms with Gasteiger partial charge in [-0.3, -0.25) is 9.36 Å². The third-order valence-electron chi connectivity index (χ3n) is 3.49. The van der Waals surface area contributed by atoms with Crippen LogP contribution >= 0.6 is 35.0 Å². The number of hydrogen-bond donors (Lipinski definition) is 2. The molecule has 0 aliphatic rings. The molecule has 0 aliphatic heterocycles. The number of benzene rings is 2. The van der Waals surface area contributed by atoms with Crippen molar-refractivity contribution in [3.8, 4) is 0 Å². The minimum Gasteiger partial charge on any atom is -0.368 e. The van der Waals surface area contributed by atoms with Crippen LogP contribution in [0.2, 0.25) is 10.0 Å². The fourth-order valence-electron chi connectivity index (χ4n) is 2.19. The molecular formula is C17H15Cl2N5OS. The van der Waals surface area contributed by atoms with Crippen LogP contribution in [0, 0.1) is 0 Å². The summed E-state index contributed by atoms with van der Waals surface area (Å²) in [7, 11) is 0. The Hall–Kier alpha value is -2.22. The number of nitrogens with two attached hydrogens (primary N) is 1. The third-order valence-corrected chi connectivity index (χ3v) is 5.13. The van der Waals surface area contributed by atoms with Gasteiger partial charge in [-0.2, -0.15) is 0 Å². The first-order valence-corrected chi connectivity index (χ1v) is 9.37. The van der Waals surface area contributed by atoms with Gasteiger partial charge in [0.15, 0.2) is 5.16 Å². The number of anilines is 2. The zero-order valence-corrected chi connectivity index (χ0v) is 15.9. The van der Waals surface area contributed by atoms with E-state index >= 15 is 0 Å². The van der Waals surface area contributed by atoms with E-state index in [1.165, 1.54) is 11.8 Å². The Morgan fingerprint density at radius 1 is 1.12 bits per heavy atom. The number of rotatable bonds is 6. The first-order chi connectivity index (χ1) is 12.5. The number of nitrogen functional groups attached to an aromatic ring is 1. The van der Waals surface area contributed by atoms with Gasteiger partial charge in [0.2, 0.25) is 11.9 Å². The number of thioether (sulfide) groups is 1. The maximum atomic E-state index is 12.3. The summed E-state index contributed by atoms with van der Waals surface area (Å²) in [5.74, 6) is 0.535. The molecular weight excluding hydrogens is 393 g/mol. The van der Waals surface area contributed by atoms with E-state index in [0.717, 1.165) is 5.56 Å². The van der Waals surface area contributed by atoms with Crippen LogP contribution < -0.4 is 11.1 Å². The van der Waals surface area contributed by atoms with Crippen molar-refractivity contribution in [2.75, 3.05) is 11.1 Å². The maximum Gasteiger partial charge on any atom is 0.244 e. The van der Waals surface area contributed by atoms with Crippen molar-refractivity contribution in [1.82, 2.24) is 14.8 Å². The van der Waals surface area contributed by atoms with Gasteiger partial charge in [-0.15, -0.1) is 10.2 Å². The highest BCUT2D eigenvalue weighted by molar-refractivity contribution is 7.98. The van der Waals surface area contributed by atoms with Crippen molar-refractivity contribution in [3.63, 3.8) is 0 Å². The molecule has 0 radical (unpaired) electrons. The highest BCUT2D eigenvalue weighted by atomic mass is 35.5. The molecule has 0 atom stereocenters. The lowest BCUT2D eigenvalue weighted by Gasteiger charge is -2.09. The Morgan fingerprint density at radius 2 is 1.85 bits per heavy atom. The normalized spacial score (nSPS) is 10.7. The molecule has 0 unspecified atom stereocenters. The van der Waals surface area contributed by atoms with Gasteiger partial charge in [0, 0.05) is 21.5 Å². The Balaban J connectivity index is 1.66. The van der Waals surface area contributed by atoms with Crippen LogP contribution in [-0.2, 0) is 17.1 Å². The molecule has 1 aromatic heterocycles. The number of amides is 1. The number of nitrogens with zero attached hydrogens (tertiary/aromatic N) is 3. The number of aromatic nitrogens is 3. The van der Waals surface area contributed by atoms with Crippen LogP contribution in [-0.4, -0.2) is 20.7 Å². The molecule has 134 valence electrons. The van der Waals surface area contributed by atoms with Crippen LogP contribution in [0.4, 0.5) is 11.6 Å². The van der Waals surface area contributed by atoms with Gasteiger partial charge in [-0.05, 0) is 35.9 Å². The van der Waals surface area contributed by atoms with Gasteiger partial charge in [-0.25, -0.2) is 0 Å². The molecule has 0 bridgehead atoms. The largest absolute Gasteiger partial charge is 0.368 e. The Morgan fingerprint density at radius 3 is 2.58 bits per heavy atom. The van der Waals surface area contributed by atoms with Gasteiger partial charge in [-0.1, -0.05) is 53.2 Å². The first kappa shape index (κ1) is 18.6. The fraction of sp³-hybridized carbons (Fsp3) is 0.118. The van der Waals surface area contributed by atoms with Crippen molar-refractivity contribution >= 4 is 52.5 Å². The van der Waals surface area contributed by atoms with E-state index in [9.17, 15) is 4.79 Å². The van der Waals surface area contributed by atoms with Crippen LogP contribution in [0.1, 0.15) is 5.56 Å². The van der Waals surface area contributed by atoms with E-state index in [1.54, 1.807) is 28.8 Å². The molecule has 1 heterocycles. The second-order valence-electron chi connectivity index (χ2n) is 5.36. The second-order valence-corrected chi connectivity index (χ2v) is 7.15. The Bertz CT molecular complexity index is 914. The Kier molecular flexibility index (Phi) is 6.03. The number of hydrogen-bond acceptors (Lipinski definition) is 5. The molecule has 0 fully saturated rings. The van der Waals surface area contributed by atoms with Crippen LogP contribution in [0.25, 0.3) is 0 Å². The summed E-state index contributed by atoms with van der Waals surface area (Å²) in [5.41, 5.74) is 7.47. The number of nitrogens with one attached hydrogen (secondary N) is 1. The van der Waals surface area contributed by atoms with E-state index in [4.69, 9.17) is 28.9 Å². The maximum absolute atomic E-state index is 12.3. The average molecular weight is 408 g/mol. The summed E-state index contributed by atoms with van der Waals surface area (Å²) >= 11 is 13.4. The van der Waals surface area contributed by atoms with E-state index < -0.39 is 0 Å². The van der Waals surface area contributed by atoms with Crippen molar-refractivity contribution in [2.24, 2.45) is 0 Å². The zero-order chi connectivity index (χ0) is 18.5. The summed E-state index contributed by atoms with van der Waals surface area (Å²) in [6.07, 6.45) is 0. The molecule has 9 heteroatoms. The average Bonchev–Trinajstić information content (AvgIpc) is 2.96. The summed E-state index contributed by atoms with van der Waals surface area (Å²) in [4.78, 5) is 12.3. The number of carbonyl (C=O) groups excluding carboxylic acids is 1. The summed E-state index contributed by atoms with van der Waals surface area (Å²) in [5, 5.41) is 12.5. The number of halogens is 2. The van der Waals surface area contributed by atoms with E-state index in [0.29, 0.717) is 26.6 Å². The molecule has 2 aromatic carbocycles. The van der Waals surface area contributed by atoms with Gasteiger partial charge in [0.25, 0.3) is 0 Å². The van der Waals surface area contributed by atoms with E-state index in [1.807, 2.05) is 24.3 Å². The van der Waals surface area contributed by atoms with Gasteiger partial charge >= 0.3 is 0 Å². The molecule has 3 N–H and O–H groups in total. The lowest BCUT2D eigenvalue weighted by molar-refractivity contribution is -0.116. The third kappa shape index (κ3) is 4.69. The standard InChI is InChI=1S/C17H15Cl2N5OS/c18-12-5-7-13(8-6-12)21-15(25)9-24-16(20)22-23-17(24)26-10-11-3-1-2-4-14(11)19/h1-8H,9-10H2,(H2,20,22)(H,21,25). The highest BCUT2D eigenvalue weighted by Gasteiger charge is 2.14. The minimum atomic E-state index is -0.238. The SMILES string of the molecule is Nc1nnc(SCc2ccccc2Cl)n1CC(=O)Nc1ccc(Cl)cc1. The van der Waals surface area contributed by atoms with Gasteiger partial charge in [0.05, 0.1) is 0 Å². The molecule has 26 heavy (non-hydrogen) atoms. The van der Waals surface area contributed by atoms with Crippen molar-refractivity contribution in [2.45, 2.75) is 17.5 Å². The zero-order valence-electron chi connectivity index (χ0n) is 13.5. The minimum absolute atomic E-state index is 0.00626. The van der Waals surface area contributed by atoms with Crippen molar-refractivity contribution in [1.29, 1.82) is 0 Å². The monoisotopic (exact) mass is 407 g/mol. The lowest BCUT2D eigenvalue weighted by Crippen LogP contribution is -2.20. The van der Waals surface area contributed by atoms with Crippen LogP contribution in [0.5, 0.6) is 0 Å². The molecule has 0 aliphatic carbocycles. The summed E-state index contributed by atoms with van der Waals surface area (Å²) in [6, 6.07) is 14.4. The smallest absolute Gasteiger partial charge is 0.244 e. The molecule has 0 saturated heterocycles. The lowest BCUT2D eigenvalue weighted by atomic mass is 10.2. The molecule has 3 aromatic rings. The molecule has 0 spiro atoms. The number of carbonyl (C=O) groups is 1. The van der Waals surface area contributed by atoms with Crippen molar-refractivity contribution in [3.05, 3.63) is 64.1 Å². The highest BCUT2D eigenvalue weighted by Crippen LogP contribution is 2.26.